The fraction of sp³-hybridized carbons (Fsp3) is 0.333. The third-order valence-corrected chi connectivity index (χ3v) is 1.00. The molecule has 1 nitrogen and oxygen atoms in total. The Morgan fingerprint density at radius 2 is 1.90 bits per heavy atom. The van der Waals surface area contributed by atoms with Crippen molar-refractivity contribution in [3.8, 4) is 0 Å². The summed E-state index contributed by atoms with van der Waals surface area (Å²) < 4.78 is 0. The molecule has 0 unspecified atom stereocenters. The third-order valence-electron chi connectivity index (χ3n) is 1.00. The minimum absolute atomic E-state index is 1.22. The van der Waals surface area contributed by atoms with E-state index in [2.05, 4.69) is 18.3 Å². The Morgan fingerprint density at radius 3 is 2.40 bits per heavy atom. The van der Waals surface area contributed by atoms with E-state index in [4.69, 9.17) is 0 Å². The molecule has 1 heteroatoms. The Morgan fingerprint density at radius 1 is 1.20 bits per heavy atom. The van der Waals surface area contributed by atoms with Crippen LogP contribution in [0.2, 0.25) is 0 Å². The highest BCUT2D eigenvalue weighted by Crippen LogP contribution is 1.90. The smallest absolute Gasteiger partial charge is 0.00337 e. The van der Waals surface area contributed by atoms with Crippen LogP contribution in [0.25, 0.3) is 0 Å². The largest absolute Gasteiger partial charge is 0.368 e. The van der Waals surface area contributed by atoms with Crippen molar-refractivity contribution < 1.29 is 0 Å². The third kappa shape index (κ3) is 5.16. The van der Waals surface area contributed by atoms with Gasteiger partial charge in [0.2, 0.25) is 0 Å². The molecule has 0 saturated carbocycles. The quantitative estimate of drug-likeness (QED) is 0.589. The molecule has 0 aliphatic heterocycles. The summed E-state index contributed by atoms with van der Waals surface area (Å²) in [5.41, 5.74) is 1.22. The summed E-state index contributed by atoms with van der Waals surface area (Å²) in [6, 6.07) is 0. The van der Waals surface area contributed by atoms with Gasteiger partial charge >= 0.3 is 0 Å². The first-order valence-electron chi connectivity index (χ1n) is 3.48. The molecule has 0 aliphatic carbocycles. The molecule has 56 valence electrons. The minimum atomic E-state index is 1.22. The molecule has 0 amide bonds. The van der Waals surface area contributed by atoms with Crippen LogP contribution in [0.3, 0.4) is 0 Å². The Labute approximate surface area is 63.1 Å². The van der Waals surface area contributed by atoms with E-state index >= 15 is 0 Å². The lowest BCUT2D eigenvalue weighted by molar-refractivity contribution is 1.16. The summed E-state index contributed by atoms with van der Waals surface area (Å²) in [5, 5.41) is 3.03. The summed E-state index contributed by atoms with van der Waals surface area (Å²) in [6.07, 6.45) is 9.88. The van der Waals surface area contributed by atoms with Gasteiger partial charge < -0.3 is 5.32 Å². The average molecular weight is 137 g/mol. The molecule has 1 N–H and O–H groups in total. The highest BCUT2D eigenvalue weighted by atomic mass is 14.8. The Hall–Kier alpha value is -0.980. The van der Waals surface area contributed by atoms with Gasteiger partial charge in [-0.1, -0.05) is 18.2 Å². The second-order valence-electron chi connectivity index (χ2n) is 2.06. The lowest BCUT2D eigenvalue weighted by Gasteiger charge is -1.91. The molecule has 0 rings (SSSR count). The summed E-state index contributed by atoms with van der Waals surface area (Å²) in [4.78, 5) is 0. The molecule has 10 heavy (non-hydrogen) atoms. The predicted molar refractivity (Wildman–Crippen MR) is 46.5 cm³/mol. The Bertz CT molecular complexity index is 152. The first-order valence-corrected chi connectivity index (χ1v) is 3.48. The topological polar surface area (TPSA) is 12.0 Å². The lowest BCUT2D eigenvalue weighted by atomic mass is 10.3. The first kappa shape index (κ1) is 9.02. The van der Waals surface area contributed by atoms with Gasteiger partial charge in [0, 0.05) is 6.20 Å². The summed E-state index contributed by atoms with van der Waals surface area (Å²) in [5.74, 6) is 0. The van der Waals surface area contributed by atoms with Crippen LogP contribution in [0.5, 0.6) is 0 Å². The Balaban J connectivity index is 3.68. The van der Waals surface area contributed by atoms with Gasteiger partial charge in [0.1, 0.15) is 0 Å². The van der Waals surface area contributed by atoms with E-state index in [1.54, 1.807) is 0 Å². The average Bonchev–Trinajstić information content (AvgIpc) is 1.89. The number of nitrogens with one attached hydrogen (secondary N) is 1. The highest BCUT2D eigenvalue weighted by Gasteiger charge is 1.74. The van der Waals surface area contributed by atoms with E-state index in [0.29, 0.717) is 0 Å². The molecule has 0 heterocycles. The molecule has 0 spiro atoms. The fourth-order valence-corrected chi connectivity index (χ4v) is 0.587. The fourth-order valence-electron chi connectivity index (χ4n) is 0.587. The van der Waals surface area contributed by atoms with Gasteiger partial charge in [0.25, 0.3) is 0 Å². The highest BCUT2D eigenvalue weighted by molar-refractivity contribution is 5.14. The van der Waals surface area contributed by atoms with Crippen molar-refractivity contribution in [1.82, 2.24) is 5.32 Å². The molecule has 0 aromatic carbocycles. The van der Waals surface area contributed by atoms with Gasteiger partial charge in [0.15, 0.2) is 0 Å². The normalized spacial score (nSPS) is 13.3. The van der Waals surface area contributed by atoms with Gasteiger partial charge in [0.05, 0.1) is 0 Å². The van der Waals surface area contributed by atoms with Crippen LogP contribution in [-0.2, 0) is 0 Å². The van der Waals surface area contributed by atoms with Crippen molar-refractivity contribution in [3.05, 3.63) is 36.2 Å². The Kier molecular flexibility index (Phi) is 5.54. The molecule has 0 aromatic heterocycles. The zero-order chi connectivity index (χ0) is 7.82. The van der Waals surface area contributed by atoms with E-state index in [9.17, 15) is 0 Å². The zero-order valence-electron chi connectivity index (χ0n) is 6.89. The van der Waals surface area contributed by atoms with Crippen molar-refractivity contribution in [2.75, 3.05) is 0 Å². The maximum atomic E-state index is 3.03. The van der Waals surface area contributed by atoms with E-state index in [-0.39, 0.29) is 0 Å². The molecule has 0 bridgehead atoms. The molecular formula is C9H15N. The molecule has 0 radical (unpaired) electrons. The van der Waals surface area contributed by atoms with Crippen molar-refractivity contribution >= 4 is 0 Å². The van der Waals surface area contributed by atoms with Crippen molar-refractivity contribution in [2.24, 2.45) is 0 Å². The van der Waals surface area contributed by atoms with Crippen molar-refractivity contribution in [3.63, 3.8) is 0 Å². The van der Waals surface area contributed by atoms with Gasteiger partial charge in [-0.15, -0.1) is 0 Å². The molecule has 0 atom stereocenters. The number of allylic oxidation sites excluding steroid dienone is 4. The molecule has 0 aromatic rings. The number of rotatable bonds is 3. The second-order valence-corrected chi connectivity index (χ2v) is 2.06. The van der Waals surface area contributed by atoms with Crippen molar-refractivity contribution in [1.29, 1.82) is 0 Å². The maximum Gasteiger partial charge on any atom is 0.00337 e. The monoisotopic (exact) mass is 137 g/mol. The molecular weight excluding hydrogens is 122 g/mol. The number of hydrogen-bond donors (Lipinski definition) is 1. The van der Waals surface area contributed by atoms with Crippen LogP contribution in [0.1, 0.15) is 20.8 Å². The van der Waals surface area contributed by atoms with Crippen molar-refractivity contribution in [2.45, 2.75) is 20.8 Å². The minimum Gasteiger partial charge on any atom is -0.368 e. The molecule has 0 aliphatic rings. The van der Waals surface area contributed by atoms with Crippen LogP contribution in [-0.4, -0.2) is 0 Å². The van der Waals surface area contributed by atoms with Gasteiger partial charge in [-0.05, 0) is 32.5 Å². The van der Waals surface area contributed by atoms with E-state index in [1.807, 2.05) is 38.4 Å². The summed E-state index contributed by atoms with van der Waals surface area (Å²) in [7, 11) is 0. The van der Waals surface area contributed by atoms with E-state index in [0.717, 1.165) is 0 Å². The second kappa shape index (κ2) is 6.14. The molecule has 0 fully saturated rings. The van der Waals surface area contributed by atoms with Crippen LogP contribution in [0, 0.1) is 0 Å². The standard InChI is InChI=1S/C9H15N/c1-4-6-9(3)8-10-7-5-2/h4-8,10H,1-3H3/b6-4+,7-5+,9-8-. The first-order chi connectivity index (χ1) is 4.81. The van der Waals surface area contributed by atoms with Gasteiger partial charge in [-0.2, -0.15) is 0 Å². The van der Waals surface area contributed by atoms with Crippen LogP contribution in [0.15, 0.2) is 36.2 Å². The number of hydrogen-bond acceptors (Lipinski definition) is 1. The van der Waals surface area contributed by atoms with Crippen LogP contribution < -0.4 is 5.32 Å². The van der Waals surface area contributed by atoms with E-state index < -0.39 is 0 Å². The van der Waals surface area contributed by atoms with Crippen LogP contribution >= 0.6 is 0 Å². The predicted octanol–water partition coefficient (Wildman–Crippen LogP) is 2.59. The maximum absolute atomic E-state index is 3.03. The zero-order valence-corrected chi connectivity index (χ0v) is 6.89. The molecule has 0 saturated heterocycles. The van der Waals surface area contributed by atoms with Gasteiger partial charge in [-0.3, -0.25) is 0 Å². The SMILES string of the molecule is C/C=C/N/C=C(C)\C=C\C. The van der Waals surface area contributed by atoms with Crippen LogP contribution in [0.4, 0.5) is 0 Å². The van der Waals surface area contributed by atoms with Gasteiger partial charge in [-0.25, -0.2) is 0 Å². The van der Waals surface area contributed by atoms with E-state index in [1.165, 1.54) is 5.57 Å². The summed E-state index contributed by atoms with van der Waals surface area (Å²) >= 11 is 0. The summed E-state index contributed by atoms with van der Waals surface area (Å²) in [6.45, 7) is 6.04. The lowest BCUT2D eigenvalue weighted by Crippen LogP contribution is -1.91.